The molecule has 0 radical (unpaired) electrons. The molecule has 1 unspecified atom stereocenters. The van der Waals surface area contributed by atoms with Crippen LogP contribution in [-0.4, -0.2) is 37.6 Å². The van der Waals surface area contributed by atoms with E-state index in [-0.39, 0.29) is 6.04 Å². The zero-order valence-electron chi connectivity index (χ0n) is 12.8. The average molecular weight is 340 g/mol. The topological polar surface area (TPSA) is 32.5 Å². The summed E-state index contributed by atoms with van der Waals surface area (Å²) in [4.78, 5) is 4.94. The van der Waals surface area contributed by atoms with Gasteiger partial charge in [-0.3, -0.25) is 4.90 Å². The molecule has 2 rings (SSSR count). The molecule has 20 heavy (non-hydrogen) atoms. The summed E-state index contributed by atoms with van der Waals surface area (Å²) in [5, 5.41) is 0. The first kappa shape index (κ1) is 15.8. The highest BCUT2D eigenvalue weighted by molar-refractivity contribution is 9.10. The molecule has 1 fully saturated rings. The van der Waals surface area contributed by atoms with E-state index in [1.54, 1.807) is 0 Å². The van der Waals surface area contributed by atoms with Gasteiger partial charge < -0.3 is 10.6 Å². The van der Waals surface area contributed by atoms with Crippen molar-refractivity contribution in [2.75, 3.05) is 31.6 Å². The van der Waals surface area contributed by atoms with Crippen molar-refractivity contribution in [3.05, 3.63) is 28.2 Å². The van der Waals surface area contributed by atoms with E-state index in [9.17, 15) is 0 Å². The van der Waals surface area contributed by atoms with Gasteiger partial charge in [-0.1, -0.05) is 28.9 Å². The molecule has 1 aromatic carbocycles. The van der Waals surface area contributed by atoms with Crippen molar-refractivity contribution >= 4 is 21.6 Å². The first-order chi connectivity index (χ1) is 9.52. The third-order valence-corrected chi connectivity index (χ3v) is 4.99. The normalized spacial score (nSPS) is 21.1. The molecular weight excluding hydrogens is 314 g/mol. The molecule has 0 amide bonds. The lowest BCUT2D eigenvalue weighted by Crippen LogP contribution is -2.38. The molecule has 1 heterocycles. The molecule has 1 aromatic rings. The maximum absolute atomic E-state index is 5.96. The summed E-state index contributed by atoms with van der Waals surface area (Å²) < 4.78 is 1.11. The molecule has 112 valence electrons. The van der Waals surface area contributed by atoms with E-state index >= 15 is 0 Å². The van der Waals surface area contributed by atoms with Gasteiger partial charge in [-0.25, -0.2) is 0 Å². The van der Waals surface area contributed by atoms with Gasteiger partial charge in [0.05, 0.1) is 0 Å². The average Bonchev–Trinajstić information content (AvgIpc) is 2.85. The highest BCUT2D eigenvalue weighted by Gasteiger charge is 2.24. The number of anilines is 1. The first-order valence-corrected chi connectivity index (χ1v) is 8.32. The second kappa shape index (κ2) is 6.92. The van der Waals surface area contributed by atoms with Crippen LogP contribution in [0.25, 0.3) is 0 Å². The zero-order valence-corrected chi connectivity index (χ0v) is 14.4. The number of likely N-dealkylation sites (N-methyl/N-ethyl adjacent to an activating group) is 2. The van der Waals surface area contributed by atoms with Crippen molar-refractivity contribution in [3.63, 3.8) is 0 Å². The van der Waals surface area contributed by atoms with Crippen LogP contribution in [0.2, 0.25) is 0 Å². The first-order valence-electron chi connectivity index (χ1n) is 7.53. The van der Waals surface area contributed by atoms with Gasteiger partial charge in [-0.2, -0.15) is 0 Å². The predicted molar refractivity (Wildman–Crippen MR) is 90.3 cm³/mol. The minimum absolute atomic E-state index is 0.0640. The maximum atomic E-state index is 5.96. The van der Waals surface area contributed by atoms with E-state index in [1.807, 2.05) is 6.92 Å². The van der Waals surface area contributed by atoms with Gasteiger partial charge in [0, 0.05) is 35.8 Å². The minimum Gasteiger partial charge on any atom is -0.373 e. The van der Waals surface area contributed by atoms with Gasteiger partial charge >= 0.3 is 0 Å². The largest absolute Gasteiger partial charge is 0.373 e. The summed E-state index contributed by atoms with van der Waals surface area (Å²) in [7, 11) is 2.18. The van der Waals surface area contributed by atoms with Crippen molar-refractivity contribution in [1.82, 2.24) is 4.90 Å². The third kappa shape index (κ3) is 3.54. The third-order valence-electron chi connectivity index (χ3n) is 4.31. The molecule has 0 aromatic heterocycles. The maximum Gasteiger partial charge on any atom is 0.0375 e. The second-order valence-electron chi connectivity index (χ2n) is 5.80. The summed E-state index contributed by atoms with van der Waals surface area (Å²) in [6.07, 6.45) is 2.65. The molecule has 0 bridgehead atoms. The molecule has 3 nitrogen and oxygen atoms in total. The number of hydrogen-bond donors (Lipinski definition) is 1. The summed E-state index contributed by atoms with van der Waals surface area (Å²) >= 11 is 3.64. The quantitative estimate of drug-likeness (QED) is 0.892. The van der Waals surface area contributed by atoms with Crippen molar-refractivity contribution in [1.29, 1.82) is 0 Å². The molecule has 1 aliphatic rings. The van der Waals surface area contributed by atoms with E-state index in [0.29, 0.717) is 6.04 Å². The van der Waals surface area contributed by atoms with Crippen LogP contribution in [0.1, 0.15) is 38.3 Å². The van der Waals surface area contributed by atoms with Crippen molar-refractivity contribution in [3.8, 4) is 0 Å². The second-order valence-corrected chi connectivity index (χ2v) is 6.65. The Balaban J connectivity index is 2.05. The highest BCUT2D eigenvalue weighted by Crippen LogP contribution is 2.28. The molecule has 2 N–H and O–H groups in total. The zero-order chi connectivity index (χ0) is 14.7. The Morgan fingerprint density at radius 1 is 1.50 bits per heavy atom. The molecular formula is C16H26BrN3. The van der Waals surface area contributed by atoms with E-state index in [2.05, 4.69) is 57.9 Å². The number of nitrogens with zero attached hydrogens (tertiary/aromatic N) is 2. The molecule has 0 saturated carbocycles. The number of hydrogen-bond acceptors (Lipinski definition) is 3. The van der Waals surface area contributed by atoms with E-state index in [1.165, 1.54) is 30.6 Å². The summed E-state index contributed by atoms with van der Waals surface area (Å²) in [5.74, 6) is 0. The Kier molecular flexibility index (Phi) is 5.47. The van der Waals surface area contributed by atoms with Crippen molar-refractivity contribution < 1.29 is 0 Å². The molecule has 1 saturated heterocycles. The number of likely N-dealkylation sites (tertiary alicyclic amines) is 1. The van der Waals surface area contributed by atoms with Crippen LogP contribution in [-0.2, 0) is 0 Å². The highest BCUT2D eigenvalue weighted by atomic mass is 79.9. The van der Waals surface area contributed by atoms with Crippen molar-refractivity contribution in [2.24, 2.45) is 5.73 Å². The Labute approximate surface area is 131 Å². The van der Waals surface area contributed by atoms with Crippen LogP contribution in [0.4, 0.5) is 5.69 Å². The van der Waals surface area contributed by atoms with Crippen LogP contribution in [0, 0.1) is 0 Å². The fraction of sp³-hybridized carbons (Fsp3) is 0.625. The van der Waals surface area contributed by atoms with Gasteiger partial charge in [0.1, 0.15) is 0 Å². The number of nitrogens with two attached hydrogens (primary N) is 1. The minimum atomic E-state index is 0.0640. The SMILES string of the molecule is CCN1CCCC1CN(C)c1ccc([C@@H](C)N)c(Br)c1. The Morgan fingerprint density at radius 2 is 2.25 bits per heavy atom. The van der Waals surface area contributed by atoms with Crippen LogP contribution in [0.15, 0.2) is 22.7 Å². The van der Waals surface area contributed by atoms with E-state index < -0.39 is 0 Å². The fourth-order valence-electron chi connectivity index (χ4n) is 3.06. The Bertz CT molecular complexity index is 447. The van der Waals surface area contributed by atoms with Crippen LogP contribution in [0.5, 0.6) is 0 Å². The number of benzene rings is 1. The lowest BCUT2D eigenvalue weighted by atomic mass is 10.1. The lowest BCUT2D eigenvalue weighted by molar-refractivity contribution is 0.270. The monoisotopic (exact) mass is 339 g/mol. The summed E-state index contributed by atoms with van der Waals surface area (Å²) in [6.45, 7) is 7.78. The van der Waals surface area contributed by atoms with Gasteiger partial charge in [0.25, 0.3) is 0 Å². The van der Waals surface area contributed by atoms with Crippen LogP contribution in [0.3, 0.4) is 0 Å². The Hall–Kier alpha value is -0.580. The van der Waals surface area contributed by atoms with E-state index in [0.717, 1.165) is 17.6 Å². The molecule has 0 spiro atoms. The summed E-state index contributed by atoms with van der Waals surface area (Å²) in [6, 6.07) is 7.25. The molecule has 1 aliphatic heterocycles. The molecule has 2 atom stereocenters. The molecule has 4 heteroatoms. The smallest absolute Gasteiger partial charge is 0.0375 e. The number of halogens is 1. The predicted octanol–water partition coefficient (Wildman–Crippen LogP) is 3.39. The van der Waals surface area contributed by atoms with Gasteiger partial charge in [0.2, 0.25) is 0 Å². The Morgan fingerprint density at radius 3 is 2.85 bits per heavy atom. The van der Waals surface area contributed by atoms with Gasteiger partial charge in [-0.05, 0) is 50.6 Å². The van der Waals surface area contributed by atoms with Gasteiger partial charge in [-0.15, -0.1) is 0 Å². The standard InChI is InChI=1S/C16H26BrN3/c1-4-20-9-5-6-14(20)11-19(3)13-7-8-15(12(2)18)16(17)10-13/h7-8,10,12,14H,4-6,9,11,18H2,1-3H3/t12-,14?/m1/s1. The van der Waals surface area contributed by atoms with Crippen molar-refractivity contribution in [2.45, 2.75) is 38.8 Å². The number of rotatable bonds is 5. The summed E-state index contributed by atoms with van der Waals surface area (Å²) in [5.41, 5.74) is 8.38. The lowest BCUT2D eigenvalue weighted by Gasteiger charge is -2.29. The molecule has 0 aliphatic carbocycles. The van der Waals surface area contributed by atoms with Crippen LogP contribution >= 0.6 is 15.9 Å². The van der Waals surface area contributed by atoms with Gasteiger partial charge in [0.15, 0.2) is 0 Å². The van der Waals surface area contributed by atoms with Crippen LogP contribution < -0.4 is 10.6 Å². The van der Waals surface area contributed by atoms with E-state index in [4.69, 9.17) is 5.73 Å². The fourth-order valence-corrected chi connectivity index (χ4v) is 3.79.